The number of fused-ring (bicyclic) bond motifs is 1. The summed E-state index contributed by atoms with van der Waals surface area (Å²) < 4.78 is 22.9. The van der Waals surface area contributed by atoms with E-state index in [2.05, 4.69) is 0 Å². The quantitative estimate of drug-likeness (QED) is 0.813. The molecule has 1 unspecified atom stereocenters. The average molecular weight is 318 g/mol. The van der Waals surface area contributed by atoms with Gasteiger partial charge in [0.05, 0.1) is 18.8 Å². The van der Waals surface area contributed by atoms with Crippen LogP contribution in [0.25, 0.3) is 11.0 Å². The Kier molecular flexibility index (Phi) is 3.73. The molecule has 3 rings (SSSR count). The van der Waals surface area contributed by atoms with Crippen molar-refractivity contribution in [1.29, 1.82) is 0 Å². The molecule has 1 saturated heterocycles. The third-order valence-corrected chi connectivity index (χ3v) is 4.17. The molecule has 0 amide bonds. The summed E-state index contributed by atoms with van der Waals surface area (Å²) in [5.41, 5.74) is 0.532. The number of rotatable bonds is 3. The Balaban J connectivity index is 2.08. The summed E-state index contributed by atoms with van der Waals surface area (Å²) in [6.07, 6.45) is 0.353. The van der Waals surface area contributed by atoms with Crippen molar-refractivity contribution in [3.05, 3.63) is 40.2 Å². The predicted octanol–water partition coefficient (Wildman–Crippen LogP) is 3.27. The number of hydrogen-bond donors (Lipinski definition) is 0. The molecule has 0 spiro atoms. The summed E-state index contributed by atoms with van der Waals surface area (Å²) in [6.45, 7) is 7.80. The maximum atomic E-state index is 11.6. The topological polar surface area (TPSA) is 57.9 Å². The standard InChI is InChI=1S/C18H22O5/c1-17(2)14(22-18(3,4)23-17)10-12-13(20-5)8-6-11-7-9-15(19)21-16(11)12/h6-9,14H,10H2,1-5H3. The minimum atomic E-state index is -0.646. The van der Waals surface area contributed by atoms with Gasteiger partial charge in [0.1, 0.15) is 11.3 Å². The summed E-state index contributed by atoms with van der Waals surface area (Å²) in [5.74, 6) is 0.0308. The lowest BCUT2D eigenvalue weighted by atomic mass is 9.94. The molecule has 0 aliphatic carbocycles. The molecule has 5 heteroatoms. The van der Waals surface area contributed by atoms with Crippen LogP contribution < -0.4 is 10.4 Å². The molecule has 2 aromatic rings. The molecule has 5 nitrogen and oxygen atoms in total. The molecule has 0 bridgehead atoms. The third kappa shape index (κ3) is 2.99. The zero-order valence-electron chi connectivity index (χ0n) is 14.1. The van der Waals surface area contributed by atoms with Crippen molar-refractivity contribution in [3.8, 4) is 5.75 Å². The van der Waals surface area contributed by atoms with Gasteiger partial charge in [-0.1, -0.05) is 0 Å². The highest BCUT2D eigenvalue weighted by Gasteiger charge is 2.47. The highest BCUT2D eigenvalue weighted by molar-refractivity contribution is 5.82. The number of ether oxygens (including phenoxy) is 3. The van der Waals surface area contributed by atoms with Crippen LogP contribution in [-0.4, -0.2) is 24.6 Å². The van der Waals surface area contributed by atoms with E-state index >= 15 is 0 Å². The van der Waals surface area contributed by atoms with E-state index in [-0.39, 0.29) is 11.7 Å². The van der Waals surface area contributed by atoms with Crippen molar-refractivity contribution >= 4 is 11.0 Å². The van der Waals surface area contributed by atoms with E-state index in [1.54, 1.807) is 13.2 Å². The third-order valence-electron chi connectivity index (χ3n) is 4.17. The zero-order valence-corrected chi connectivity index (χ0v) is 14.1. The lowest BCUT2D eigenvalue weighted by Gasteiger charge is -2.24. The van der Waals surface area contributed by atoms with Gasteiger partial charge in [-0.05, 0) is 45.9 Å². The Morgan fingerprint density at radius 1 is 1.13 bits per heavy atom. The van der Waals surface area contributed by atoms with E-state index in [4.69, 9.17) is 18.6 Å². The van der Waals surface area contributed by atoms with Crippen LogP contribution >= 0.6 is 0 Å². The number of benzene rings is 1. The summed E-state index contributed by atoms with van der Waals surface area (Å²) in [6, 6.07) is 6.93. The van der Waals surface area contributed by atoms with E-state index in [0.29, 0.717) is 17.8 Å². The maximum absolute atomic E-state index is 11.6. The van der Waals surface area contributed by atoms with Crippen molar-refractivity contribution in [1.82, 2.24) is 0 Å². The Morgan fingerprint density at radius 2 is 1.83 bits per heavy atom. The van der Waals surface area contributed by atoms with Gasteiger partial charge in [-0.2, -0.15) is 0 Å². The largest absolute Gasteiger partial charge is 0.496 e. The number of methoxy groups -OCH3 is 1. The fraction of sp³-hybridized carbons (Fsp3) is 0.500. The summed E-state index contributed by atoms with van der Waals surface area (Å²) in [7, 11) is 1.60. The van der Waals surface area contributed by atoms with E-state index in [9.17, 15) is 4.79 Å². The van der Waals surface area contributed by atoms with Crippen LogP contribution in [0.2, 0.25) is 0 Å². The molecular formula is C18H22O5. The van der Waals surface area contributed by atoms with Crippen molar-refractivity contribution in [2.24, 2.45) is 0 Å². The first-order valence-electron chi connectivity index (χ1n) is 7.69. The fourth-order valence-corrected chi connectivity index (χ4v) is 3.24. The van der Waals surface area contributed by atoms with Crippen LogP contribution in [0.1, 0.15) is 33.3 Å². The highest BCUT2D eigenvalue weighted by atomic mass is 16.8. The highest BCUT2D eigenvalue weighted by Crippen LogP contribution is 2.39. The van der Waals surface area contributed by atoms with Gasteiger partial charge in [0, 0.05) is 23.4 Å². The van der Waals surface area contributed by atoms with Crippen molar-refractivity contribution in [3.63, 3.8) is 0 Å². The van der Waals surface area contributed by atoms with Gasteiger partial charge in [0.25, 0.3) is 0 Å². The van der Waals surface area contributed by atoms with E-state index in [1.165, 1.54) is 6.07 Å². The Labute approximate surface area is 135 Å². The molecule has 124 valence electrons. The lowest BCUT2D eigenvalue weighted by molar-refractivity contribution is -0.157. The summed E-state index contributed by atoms with van der Waals surface area (Å²) >= 11 is 0. The van der Waals surface area contributed by atoms with Gasteiger partial charge < -0.3 is 18.6 Å². The zero-order chi connectivity index (χ0) is 16.8. The van der Waals surface area contributed by atoms with Crippen LogP contribution in [-0.2, 0) is 15.9 Å². The van der Waals surface area contributed by atoms with Gasteiger partial charge in [0.15, 0.2) is 5.79 Å². The van der Waals surface area contributed by atoms with Gasteiger partial charge in [-0.15, -0.1) is 0 Å². The molecular weight excluding hydrogens is 296 g/mol. The predicted molar refractivity (Wildman–Crippen MR) is 86.9 cm³/mol. The maximum Gasteiger partial charge on any atom is 0.336 e. The van der Waals surface area contributed by atoms with E-state index in [0.717, 1.165) is 10.9 Å². The van der Waals surface area contributed by atoms with Gasteiger partial charge in [-0.25, -0.2) is 4.79 Å². The molecule has 1 aliphatic rings. The van der Waals surface area contributed by atoms with Crippen molar-refractivity contribution < 1.29 is 18.6 Å². The number of hydrogen-bond acceptors (Lipinski definition) is 5. The van der Waals surface area contributed by atoms with Crippen LogP contribution in [0.3, 0.4) is 0 Å². The molecule has 0 N–H and O–H groups in total. The lowest BCUT2D eigenvalue weighted by Crippen LogP contribution is -2.34. The smallest absolute Gasteiger partial charge is 0.336 e. The SMILES string of the molecule is COc1ccc2ccc(=O)oc2c1CC1OC(C)(C)OC1(C)C. The van der Waals surface area contributed by atoms with Gasteiger partial charge >= 0.3 is 5.63 Å². The van der Waals surface area contributed by atoms with E-state index in [1.807, 2.05) is 39.8 Å². The molecule has 1 atom stereocenters. The molecule has 1 aromatic heterocycles. The Morgan fingerprint density at radius 3 is 2.43 bits per heavy atom. The van der Waals surface area contributed by atoms with Crippen LogP contribution in [0.5, 0.6) is 5.75 Å². The first kappa shape index (κ1) is 16.0. The van der Waals surface area contributed by atoms with Crippen LogP contribution in [0.4, 0.5) is 0 Å². The molecule has 23 heavy (non-hydrogen) atoms. The van der Waals surface area contributed by atoms with Gasteiger partial charge in [0.2, 0.25) is 0 Å². The molecule has 1 aromatic carbocycles. The Hall–Kier alpha value is -1.85. The van der Waals surface area contributed by atoms with E-state index < -0.39 is 11.4 Å². The normalized spacial score (nSPS) is 22.4. The summed E-state index contributed by atoms with van der Waals surface area (Å²) in [5, 5.41) is 0.858. The summed E-state index contributed by atoms with van der Waals surface area (Å²) in [4.78, 5) is 11.6. The second-order valence-electron chi connectivity index (χ2n) is 6.84. The fourth-order valence-electron chi connectivity index (χ4n) is 3.24. The molecule has 1 fully saturated rings. The average Bonchev–Trinajstić information content (AvgIpc) is 2.66. The Bertz CT molecular complexity index is 788. The van der Waals surface area contributed by atoms with Crippen molar-refractivity contribution in [2.75, 3.05) is 7.11 Å². The first-order valence-corrected chi connectivity index (χ1v) is 7.69. The minimum Gasteiger partial charge on any atom is -0.496 e. The van der Waals surface area contributed by atoms with Crippen LogP contribution in [0.15, 0.2) is 33.5 Å². The first-order chi connectivity index (χ1) is 10.7. The minimum absolute atomic E-state index is 0.178. The molecule has 2 heterocycles. The molecule has 0 radical (unpaired) electrons. The van der Waals surface area contributed by atoms with Crippen molar-refractivity contribution in [2.45, 2.75) is 51.6 Å². The van der Waals surface area contributed by atoms with Crippen LogP contribution in [0, 0.1) is 0 Å². The molecule has 1 aliphatic heterocycles. The monoisotopic (exact) mass is 318 g/mol. The second-order valence-corrected chi connectivity index (χ2v) is 6.84. The van der Waals surface area contributed by atoms with Gasteiger partial charge in [-0.3, -0.25) is 0 Å². The molecule has 0 saturated carbocycles. The second kappa shape index (κ2) is 5.35.